The molecule has 0 atom stereocenters. The molecule has 0 unspecified atom stereocenters. The number of nitro groups is 1. The fourth-order valence-corrected chi connectivity index (χ4v) is 1.76. The zero-order valence-electron chi connectivity index (χ0n) is 9.70. The van der Waals surface area contributed by atoms with E-state index in [0.717, 1.165) is 12.6 Å². The van der Waals surface area contributed by atoms with E-state index in [9.17, 15) is 20.0 Å². The molecule has 1 saturated carbocycles. The quantitative estimate of drug-likeness (QED) is 0.559. The van der Waals surface area contributed by atoms with Crippen molar-refractivity contribution in [3.8, 4) is 0 Å². The van der Waals surface area contributed by atoms with Gasteiger partial charge in [0.25, 0.3) is 0 Å². The van der Waals surface area contributed by atoms with Crippen molar-refractivity contribution in [3.05, 3.63) is 22.5 Å². The zero-order valence-corrected chi connectivity index (χ0v) is 9.70. The van der Waals surface area contributed by atoms with Gasteiger partial charge in [-0.3, -0.25) is 19.6 Å². The lowest BCUT2D eigenvalue weighted by atomic mass is 9.80. The molecule has 98 valence electrons. The fourth-order valence-electron chi connectivity index (χ4n) is 1.76. The molecular formula is C10H14N4O4. The number of aromatic nitrogens is 2. The maximum absolute atomic E-state index is 11.5. The number of nitrogens with zero attached hydrogens (tertiary/aromatic N) is 3. The monoisotopic (exact) mass is 254 g/mol. The molecule has 1 aliphatic rings. The maximum atomic E-state index is 11.5. The van der Waals surface area contributed by atoms with Gasteiger partial charge < -0.3 is 10.4 Å². The summed E-state index contributed by atoms with van der Waals surface area (Å²) in [5.41, 5.74) is -0.924. The van der Waals surface area contributed by atoms with Gasteiger partial charge in [-0.1, -0.05) is 0 Å². The molecular weight excluding hydrogens is 240 g/mol. The Bertz CT molecular complexity index is 466. The molecule has 0 aromatic carbocycles. The number of carbonyl (C=O) groups excluding carboxylic acids is 1. The zero-order chi connectivity index (χ0) is 13.2. The number of rotatable bonds is 5. The highest BCUT2D eigenvalue weighted by Crippen LogP contribution is 2.30. The smallest absolute Gasteiger partial charge is 0.307 e. The van der Waals surface area contributed by atoms with E-state index >= 15 is 0 Å². The summed E-state index contributed by atoms with van der Waals surface area (Å²) in [6.07, 6.45) is 4.64. The van der Waals surface area contributed by atoms with Gasteiger partial charge in [-0.2, -0.15) is 5.10 Å². The van der Waals surface area contributed by atoms with Gasteiger partial charge in [-0.25, -0.2) is 0 Å². The minimum absolute atomic E-state index is 0.0933. The molecule has 1 fully saturated rings. The number of hydrogen-bond acceptors (Lipinski definition) is 5. The molecule has 0 radical (unpaired) electrons. The number of nitrogens with one attached hydrogen (secondary N) is 1. The van der Waals surface area contributed by atoms with Crippen LogP contribution in [0.25, 0.3) is 0 Å². The van der Waals surface area contributed by atoms with Crippen molar-refractivity contribution in [1.29, 1.82) is 0 Å². The molecule has 0 saturated heterocycles. The highest BCUT2D eigenvalue weighted by molar-refractivity contribution is 5.75. The lowest BCUT2D eigenvalue weighted by Crippen LogP contribution is -2.48. The third kappa shape index (κ3) is 2.83. The van der Waals surface area contributed by atoms with Gasteiger partial charge >= 0.3 is 5.69 Å². The topological polar surface area (TPSA) is 110 Å². The maximum Gasteiger partial charge on any atom is 0.307 e. The highest BCUT2D eigenvalue weighted by Gasteiger charge is 2.34. The molecule has 1 amide bonds. The van der Waals surface area contributed by atoms with Crippen LogP contribution in [0.15, 0.2) is 12.4 Å². The van der Waals surface area contributed by atoms with Crippen molar-refractivity contribution < 1.29 is 14.8 Å². The van der Waals surface area contributed by atoms with Crippen molar-refractivity contribution in [2.75, 3.05) is 6.54 Å². The van der Waals surface area contributed by atoms with Crippen LogP contribution in [0, 0.1) is 10.1 Å². The third-order valence-corrected chi connectivity index (χ3v) is 3.03. The first-order valence-electron chi connectivity index (χ1n) is 5.64. The summed E-state index contributed by atoms with van der Waals surface area (Å²) >= 11 is 0. The Morgan fingerprint density at radius 1 is 1.67 bits per heavy atom. The summed E-state index contributed by atoms with van der Waals surface area (Å²) in [6.45, 7) is 0.124. The van der Waals surface area contributed by atoms with E-state index in [-0.39, 0.29) is 24.7 Å². The average Bonchev–Trinajstić information content (AvgIpc) is 2.72. The van der Waals surface area contributed by atoms with E-state index < -0.39 is 10.5 Å². The first kappa shape index (κ1) is 12.5. The predicted octanol–water partition coefficient (Wildman–Crippen LogP) is -0.178. The molecule has 8 nitrogen and oxygen atoms in total. The molecule has 1 heterocycles. The van der Waals surface area contributed by atoms with Gasteiger partial charge in [0.15, 0.2) is 0 Å². The van der Waals surface area contributed by atoms with Crippen LogP contribution < -0.4 is 5.32 Å². The molecule has 2 rings (SSSR count). The largest absolute Gasteiger partial charge is 0.388 e. The van der Waals surface area contributed by atoms with Crippen molar-refractivity contribution >= 4 is 11.6 Å². The second-order valence-electron chi connectivity index (χ2n) is 4.51. The minimum Gasteiger partial charge on any atom is -0.388 e. The normalized spacial score (nSPS) is 16.9. The summed E-state index contributed by atoms with van der Waals surface area (Å²) in [4.78, 5) is 21.4. The van der Waals surface area contributed by atoms with Crippen LogP contribution in [0.4, 0.5) is 5.69 Å². The molecule has 18 heavy (non-hydrogen) atoms. The van der Waals surface area contributed by atoms with Gasteiger partial charge in [-0.15, -0.1) is 0 Å². The van der Waals surface area contributed by atoms with E-state index in [1.165, 1.54) is 10.9 Å². The van der Waals surface area contributed by atoms with Crippen LogP contribution in [0.3, 0.4) is 0 Å². The molecule has 1 aromatic heterocycles. The summed E-state index contributed by atoms with van der Waals surface area (Å²) in [7, 11) is 0. The Labute approximate surface area is 103 Å². The van der Waals surface area contributed by atoms with Crippen LogP contribution >= 0.6 is 0 Å². The van der Waals surface area contributed by atoms with E-state index in [4.69, 9.17) is 0 Å². The Morgan fingerprint density at radius 2 is 2.39 bits per heavy atom. The first-order chi connectivity index (χ1) is 8.48. The number of amides is 1. The molecule has 1 aliphatic carbocycles. The van der Waals surface area contributed by atoms with Gasteiger partial charge in [0.1, 0.15) is 18.9 Å². The van der Waals surface area contributed by atoms with Crippen LogP contribution in [0.2, 0.25) is 0 Å². The summed E-state index contributed by atoms with van der Waals surface area (Å²) in [5.74, 6) is -0.326. The van der Waals surface area contributed by atoms with Gasteiger partial charge in [0.05, 0.1) is 10.5 Å². The Morgan fingerprint density at radius 3 is 2.89 bits per heavy atom. The SMILES string of the molecule is O=C(Cn1cc([N+](=O)[O-])cn1)NCC1(O)CCC1. The van der Waals surface area contributed by atoms with Crippen molar-refractivity contribution in [2.45, 2.75) is 31.4 Å². The lowest BCUT2D eigenvalue weighted by Gasteiger charge is -2.36. The van der Waals surface area contributed by atoms with Crippen LogP contribution in [-0.2, 0) is 11.3 Å². The van der Waals surface area contributed by atoms with Gasteiger partial charge in [-0.05, 0) is 19.3 Å². The standard InChI is InChI=1S/C10H14N4O4/c15-9(11-7-10(16)2-1-3-10)6-13-5-8(4-12-13)14(17)18/h4-5,16H,1-3,6-7H2,(H,11,15). The second-order valence-corrected chi connectivity index (χ2v) is 4.51. The Hall–Kier alpha value is -1.96. The van der Waals surface area contributed by atoms with Crippen molar-refractivity contribution in [3.63, 3.8) is 0 Å². The summed E-state index contributed by atoms with van der Waals surface area (Å²) < 4.78 is 1.19. The highest BCUT2D eigenvalue weighted by atomic mass is 16.6. The molecule has 1 aromatic rings. The Kier molecular flexibility index (Phi) is 3.28. The Balaban J connectivity index is 1.81. The second kappa shape index (κ2) is 4.73. The number of carbonyl (C=O) groups is 1. The molecule has 0 spiro atoms. The molecule has 8 heteroatoms. The molecule has 2 N–H and O–H groups in total. The van der Waals surface area contributed by atoms with Crippen molar-refractivity contribution in [2.24, 2.45) is 0 Å². The summed E-state index contributed by atoms with van der Waals surface area (Å²) in [6, 6.07) is 0. The van der Waals surface area contributed by atoms with Crippen LogP contribution in [-0.4, -0.2) is 37.9 Å². The van der Waals surface area contributed by atoms with E-state index in [1.54, 1.807) is 0 Å². The lowest BCUT2D eigenvalue weighted by molar-refractivity contribution is -0.385. The number of aliphatic hydroxyl groups is 1. The van der Waals surface area contributed by atoms with Gasteiger partial charge in [0, 0.05) is 6.54 Å². The first-order valence-corrected chi connectivity index (χ1v) is 5.64. The fraction of sp³-hybridized carbons (Fsp3) is 0.600. The third-order valence-electron chi connectivity index (χ3n) is 3.03. The molecule has 0 aliphatic heterocycles. The van der Waals surface area contributed by atoms with Gasteiger partial charge in [0.2, 0.25) is 5.91 Å². The molecule has 0 bridgehead atoms. The average molecular weight is 254 g/mol. The minimum atomic E-state index is -0.772. The van der Waals surface area contributed by atoms with E-state index in [0.29, 0.717) is 12.8 Å². The summed E-state index contributed by atoms with van der Waals surface area (Å²) in [5, 5.41) is 26.5. The van der Waals surface area contributed by atoms with Crippen molar-refractivity contribution in [1.82, 2.24) is 15.1 Å². The van der Waals surface area contributed by atoms with E-state index in [1.807, 2.05) is 0 Å². The predicted molar refractivity (Wildman–Crippen MR) is 60.7 cm³/mol. The number of hydrogen-bond donors (Lipinski definition) is 2. The van der Waals surface area contributed by atoms with E-state index in [2.05, 4.69) is 10.4 Å². The van der Waals surface area contributed by atoms with Crippen LogP contribution in [0.5, 0.6) is 0 Å². The van der Waals surface area contributed by atoms with Crippen LogP contribution in [0.1, 0.15) is 19.3 Å².